The summed E-state index contributed by atoms with van der Waals surface area (Å²) in [7, 11) is 5.07. The number of H-pyrrole nitrogens is 1. The average molecular weight is 531 g/mol. The number of halogens is 1. The maximum absolute atomic E-state index is 15.1. The van der Waals surface area contributed by atoms with E-state index in [-0.39, 0.29) is 42.0 Å². The van der Waals surface area contributed by atoms with Crippen LogP contribution in [0.1, 0.15) is 18.9 Å². The molecule has 3 atom stereocenters. The summed E-state index contributed by atoms with van der Waals surface area (Å²) < 4.78 is 25.8. The number of likely N-dealkylation sites (N-methyl/N-ethyl adjacent to an activating group) is 1. The van der Waals surface area contributed by atoms with E-state index in [2.05, 4.69) is 15.1 Å². The monoisotopic (exact) mass is 530 g/mol. The number of hydrogen-bond donors (Lipinski definition) is 2. The second-order valence-corrected chi connectivity index (χ2v) is 10.4. The molecule has 0 radical (unpaired) electrons. The van der Waals surface area contributed by atoms with E-state index >= 15 is 4.39 Å². The number of amides is 1. The summed E-state index contributed by atoms with van der Waals surface area (Å²) in [6, 6.07) is 6.83. The minimum atomic E-state index is -0.624. The van der Waals surface area contributed by atoms with Crippen LogP contribution in [0.25, 0.3) is 44.5 Å². The highest BCUT2D eigenvalue weighted by Crippen LogP contribution is 2.43. The third-order valence-corrected chi connectivity index (χ3v) is 8.15. The highest BCUT2D eigenvalue weighted by molar-refractivity contribution is 6.14. The molecule has 1 aromatic carbocycles. The number of nitrogens with two attached hydrogens (primary N) is 1. The highest BCUT2D eigenvalue weighted by atomic mass is 19.1. The van der Waals surface area contributed by atoms with Crippen LogP contribution in [-0.4, -0.2) is 60.6 Å². The largest absolute Gasteiger partial charge is 0.367 e. The number of carbonyl (C=O) groups is 1. The van der Waals surface area contributed by atoms with Crippen LogP contribution in [0.4, 0.5) is 10.1 Å². The Labute approximate surface area is 221 Å². The van der Waals surface area contributed by atoms with Crippen molar-refractivity contribution in [2.75, 3.05) is 18.6 Å². The van der Waals surface area contributed by atoms with Crippen molar-refractivity contribution in [2.24, 2.45) is 19.8 Å². The van der Waals surface area contributed by atoms with E-state index in [9.17, 15) is 9.59 Å². The Balaban J connectivity index is 1.62. The number of benzene rings is 1. The van der Waals surface area contributed by atoms with Crippen molar-refractivity contribution in [3.63, 3.8) is 0 Å². The topological polar surface area (TPSA) is 129 Å². The minimum Gasteiger partial charge on any atom is -0.367 e. The molecule has 39 heavy (non-hydrogen) atoms. The van der Waals surface area contributed by atoms with Crippen molar-refractivity contribution in [2.45, 2.75) is 31.0 Å². The number of aryl methyl sites for hydroxylation is 2. The predicted molar refractivity (Wildman–Crippen MR) is 144 cm³/mol. The van der Waals surface area contributed by atoms with Crippen LogP contribution < -0.4 is 16.3 Å². The third kappa shape index (κ3) is 3.41. The first-order valence-corrected chi connectivity index (χ1v) is 12.8. The molecule has 4 bridgehead atoms. The second-order valence-electron chi connectivity index (χ2n) is 10.4. The summed E-state index contributed by atoms with van der Waals surface area (Å²) >= 11 is 0. The van der Waals surface area contributed by atoms with Crippen LogP contribution >= 0.6 is 0 Å². The molecule has 0 spiro atoms. The lowest BCUT2D eigenvalue weighted by Crippen LogP contribution is -2.36. The van der Waals surface area contributed by atoms with Crippen LogP contribution in [0, 0.1) is 5.95 Å². The summed E-state index contributed by atoms with van der Waals surface area (Å²) in [4.78, 5) is 36.2. The number of nitrogens with one attached hydrogen (secondary N) is 1. The molecule has 0 saturated heterocycles. The van der Waals surface area contributed by atoms with Crippen molar-refractivity contribution >= 4 is 33.7 Å². The fraction of sp³-hybridized carbons (Fsp3) is 0.333. The van der Waals surface area contributed by atoms with E-state index in [1.807, 2.05) is 24.3 Å². The van der Waals surface area contributed by atoms with E-state index < -0.39 is 5.95 Å². The van der Waals surface area contributed by atoms with Gasteiger partial charge in [0.2, 0.25) is 5.95 Å². The molecule has 11 nitrogen and oxygen atoms in total. The van der Waals surface area contributed by atoms with Gasteiger partial charge in [0.05, 0.1) is 40.0 Å². The smallest absolute Gasteiger partial charge is 0.329 e. The van der Waals surface area contributed by atoms with Crippen LogP contribution in [0.3, 0.4) is 0 Å². The molecular formula is C27H27FN8O3. The van der Waals surface area contributed by atoms with Gasteiger partial charge in [-0.05, 0) is 30.5 Å². The van der Waals surface area contributed by atoms with E-state index in [1.165, 1.54) is 9.58 Å². The van der Waals surface area contributed by atoms with Gasteiger partial charge in [-0.1, -0.05) is 12.1 Å². The quantitative estimate of drug-likeness (QED) is 0.343. The number of rotatable bonds is 1. The van der Waals surface area contributed by atoms with E-state index in [1.54, 1.807) is 42.7 Å². The first-order chi connectivity index (χ1) is 18.7. The number of fused-ring (bicyclic) bond motifs is 5. The van der Waals surface area contributed by atoms with Crippen molar-refractivity contribution in [3.05, 3.63) is 53.1 Å². The molecule has 6 heterocycles. The third-order valence-electron chi connectivity index (χ3n) is 8.15. The minimum absolute atomic E-state index is 0.118. The van der Waals surface area contributed by atoms with Crippen molar-refractivity contribution < 1.29 is 13.9 Å². The normalized spacial score (nSPS) is 21.4. The Morgan fingerprint density at radius 3 is 2.62 bits per heavy atom. The van der Waals surface area contributed by atoms with Crippen LogP contribution in [0.2, 0.25) is 0 Å². The van der Waals surface area contributed by atoms with Crippen LogP contribution in [0.15, 0.2) is 41.5 Å². The van der Waals surface area contributed by atoms with E-state index in [0.717, 1.165) is 5.56 Å². The van der Waals surface area contributed by atoms with Gasteiger partial charge >= 0.3 is 5.69 Å². The molecule has 5 aromatic rings. The Kier molecular flexibility index (Phi) is 5.10. The molecular weight excluding hydrogens is 503 g/mol. The van der Waals surface area contributed by atoms with Gasteiger partial charge in [-0.15, -0.1) is 5.10 Å². The van der Waals surface area contributed by atoms with Gasteiger partial charge in [-0.3, -0.25) is 18.6 Å². The molecule has 8 rings (SSSR count). The van der Waals surface area contributed by atoms with Crippen molar-refractivity contribution in [1.29, 1.82) is 0 Å². The Hall–Kier alpha value is -4.29. The molecule has 0 unspecified atom stereocenters. The number of carbonyl (C=O) groups excluding carboxylic acids is 1. The summed E-state index contributed by atoms with van der Waals surface area (Å²) in [5.74, 6) is -0.830. The second kappa shape index (κ2) is 8.35. The summed E-state index contributed by atoms with van der Waals surface area (Å²) in [6.07, 6.45) is 3.88. The van der Waals surface area contributed by atoms with Crippen molar-refractivity contribution in [3.8, 4) is 22.4 Å². The number of aromatic amines is 1. The maximum Gasteiger partial charge on any atom is 0.329 e. The molecule has 1 aliphatic carbocycles. The fourth-order valence-electron chi connectivity index (χ4n) is 6.12. The summed E-state index contributed by atoms with van der Waals surface area (Å²) in [6.45, 7) is -0.118. The number of anilines is 1. The van der Waals surface area contributed by atoms with E-state index in [0.29, 0.717) is 51.9 Å². The first-order valence-electron chi connectivity index (χ1n) is 12.8. The number of aromatic nitrogens is 6. The summed E-state index contributed by atoms with van der Waals surface area (Å²) in [5, 5.41) is 4.61. The number of imidazole rings is 1. The molecule has 1 fully saturated rings. The molecule has 200 valence electrons. The van der Waals surface area contributed by atoms with Gasteiger partial charge in [0, 0.05) is 50.7 Å². The molecule has 12 heteroatoms. The SMILES string of the molecule is CN1C(=O)CO[C@@H]2C[C@H](C[C@@H]2N)n2c(=O)n(C)c3cnc4[nH]c(-c5cn(C)nc5F)c(c4c32)-c2ccc1cc2. The van der Waals surface area contributed by atoms with Gasteiger partial charge in [-0.2, -0.15) is 4.39 Å². The number of nitrogens with zero attached hydrogens (tertiary/aromatic N) is 6. The Morgan fingerprint density at radius 1 is 1.13 bits per heavy atom. The number of ether oxygens (including phenoxy) is 1. The zero-order chi connectivity index (χ0) is 27.2. The Morgan fingerprint density at radius 2 is 1.90 bits per heavy atom. The zero-order valence-corrected chi connectivity index (χ0v) is 21.7. The fourth-order valence-corrected chi connectivity index (χ4v) is 6.12. The van der Waals surface area contributed by atoms with Crippen molar-refractivity contribution in [1.82, 2.24) is 28.9 Å². The van der Waals surface area contributed by atoms with Gasteiger partial charge in [0.15, 0.2) is 0 Å². The lowest BCUT2D eigenvalue weighted by atomic mass is 9.99. The zero-order valence-electron chi connectivity index (χ0n) is 21.7. The molecule has 3 aliphatic rings. The Bertz CT molecular complexity index is 1850. The standard InChI is InChI=1S/C27H27FN8O3/c1-33-11-16(25(28)32-33)23-21-13-4-6-14(7-5-13)34(2)20(37)12-39-19-9-15(8-17(19)29)36-24-18(35(3)27(36)38)10-30-26(31-23)22(21)24/h4-7,10-11,15,17,19H,8-9,12,29H2,1-3H3,(H,30,31)/t15-,17-,19+/m0/s1. The van der Waals surface area contributed by atoms with Gasteiger partial charge in [-0.25, -0.2) is 9.78 Å². The highest BCUT2D eigenvalue weighted by Gasteiger charge is 2.37. The molecule has 3 N–H and O–H groups in total. The lowest BCUT2D eigenvalue weighted by molar-refractivity contribution is -0.124. The average Bonchev–Trinajstić information content (AvgIpc) is 3.64. The first kappa shape index (κ1) is 23.8. The summed E-state index contributed by atoms with van der Waals surface area (Å²) in [5.41, 5.74) is 11.1. The van der Waals surface area contributed by atoms with Crippen LogP contribution in [0.5, 0.6) is 0 Å². The predicted octanol–water partition coefficient (Wildman–Crippen LogP) is 2.45. The van der Waals surface area contributed by atoms with E-state index in [4.69, 9.17) is 10.5 Å². The molecule has 1 saturated carbocycles. The lowest BCUT2D eigenvalue weighted by Gasteiger charge is -2.21. The van der Waals surface area contributed by atoms with Crippen LogP contribution in [-0.2, 0) is 23.6 Å². The number of hydrogen-bond acceptors (Lipinski definition) is 6. The van der Waals surface area contributed by atoms with Gasteiger partial charge in [0.25, 0.3) is 5.91 Å². The number of pyridine rings is 1. The molecule has 4 aromatic heterocycles. The molecule has 1 amide bonds. The van der Waals surface area contributed by atoms with Gasteiger partial charge in [0.1, 0.15) is 12.3 Å². The molecule has 2 aliphatic heterocycles. The van der Waals surface area contributed by atoms with Gasteiger partial charge < -0.3 is 20.4 Å². The maximum atomic E-state index is 15.1.